The molecule has 1 rings (SSSR count). The van der Waals surface area contributed by atoms with E-state index in [0.29, 0.717) is 13.2 Å². The zero-order valence-corrected chi connectivity index (χ0v) is 10.9. The molecule has 0 aliphatic carbocycles. The maximum atomic E-state index is 9.96. The molecule has 0 aromatic carbocycles. The minimum absolute atomic E-state index is 0.0288. The van der Waals surface area contributed by atoms with Crippen molar-refractivity contribution in [3.05, 3.63) is 0 Å². The average molecular weight is 265 g/mol. The van der Waals surface area contributed by atoms with E-state index in [1.165, 1.54) is 14.2 Å². The average Bonchev–Trinajstić information content (AvgIpc) is 2.61. The van der Waals surface area contributed by atoms with Crippen molar-refractivity contribution in [3.8, 4) is 0 Å². The number of hydrogen-bond donors (Lipinski definition) is 3. The van der Waals surface area contributed by atoms with Gasteiger partial charge in [-0.15, -0.1) is 0 Å². The first-order valence-corrected chi connectivity index (χ1v) is 5.97. The molecular weight excluding hydrogens is 242 g/mol. The summed E-state index contributed by atoms with van der Waals surface area (Å²) in [5, 5.41) is 19.8. The standard InChI is InChI=1S/C11H23NO6/c1-15-7-11(16-2)10(14)9(13)8(18-11)6-17-5-3-4-12/h8-10,13-14H,3-7,12H2,1-2H3/t8-,9+,10+,11?/m1/s1. The van der Waals surface area contributed by atoms with Gasteiger partial charge in [0, 0.05) is 20.8 Å². The molecule has 1 aliphatic heterocycles. The highest BCUT2D eigenvalue weighted by Gasteiger charge is 2.55. The summed E-state index contributed by atoms with van der Waals surface area (Å²) in [5.74, 6) is -1.34. The zero-order chi connectivity index (χ0) is 13.6. The molecule has 1 saturated heterocycles. The highest BCUT2D eigenvalue weighted by molar-refractivity contribution is 4.96. The van der Waals surface area contributed by atoms with Gasteiger partial charge >= 0.3 is 0 Å². The lowest BCUT2D eigenvalue weighted by Crippen LogP contribution is -2.48. The lowest BCUT2D eigenvalue weighted by atomic mass is 10.1. The second-order valence-electron chi connectivity index (χ2n) is 4.26. The Balaban J connectivity index is 2.51. The number of ether oxygens (including phenoxy) is 4. The van der Waals surface area contributed by atoms with Gasteiger partial charge in [0.1, 0.15) is 24.9 Å². The molecule has 0 amide bonds. The molecule has 1 aliphatic rings. The van der Waals surface area contributed by atoms with Gasteiger partial charge < -0.3 is 34.9 Å². The van der Waals surface area contributed by atoms with E-state index in [2.05, 4.69) is 0 Å². The Morgan fingerprint density at radius 1 is 1.33 bits per heavy atom. The van der Waals surface area contributed by atoms with Crippen molar-refractivity contribution in [2.75, 3.05) is 40.6 Å². The van der Waals surface area contributed by atoms with Crippen molar-refractivity contribution in [1.82, 2.24) is 0 Å². The van der Waals surface area contributed by atoms with Crippen LogP contribution in [-0.2, 0) is 18.9 Å². The predicted molar refractivity (Wildman–Crippen MR) is 63.0 cm³/mol. The Kier molecular flexibility index (Phi) is 6.44. The van der Waals surface area contributed by atoms with Gasteiger partial charge in [-0.25, -0.2) is 0 Å². The van der Waals surface area contributed by atoms with Gasteiger partial charge in [0.25, 0.3) is 0 Å². The van der Waals surface area contributed by atoms with E-state index in [-0.39, 0.29) is 13.2 Å². The normalized spacial score (nSPS) is 36.2. The quantitative estimate of drug-likeness (QED) is 0.457. The Bertz CT molecular complexity index is 242. The zero-order valence-electron chi connectivity index (χ0n) is 10.9. The van der Waals surface area contributed by atoms with E-state index in [1.807, 2.05) is 0 Å². The van der Waals surface area contributed by atoms with Crippen LogP contribution in [0.4, 0.5) is 0 Å². The second-order valence-corrected chi connectivity index (χ2v) is 4.26. The van der Waals surface area contributed by atoms with E-state index >= 15 is 0 Å². The fourth-order valence-corrected chi connectivity index (χ4v) is 1.93. The van der Waals surface area contributed by atoms with Gasteiger partial charge in [-0.1, -0.05) is 0 Å². The lowest BCUT2D eigenvalue weighted by molar-refractivity contribution is -0.267. The van der Waals surface area contributed by atoms with Gasteiger partial charge in [0.15, 0.2) is 0 Å². The molecule has 4 N–H and O–H groups in total. The summed E-state index contributed by atoms with van der Waals surface area (Å²) < 4.78 is 21.0. The van der Waals surface area contributed by atoms with Crippen LogP contribution in [0.15, 0.2) is 0 Å². The molecule has 0 saturated carbocycles. The highest BCUT2D eigenvalue weighted by Crippen LogP contribution is 2.32. The van der Waals surface area contributed by atoms with Crippen LogP contribution in [0.2, 0.25) is 0 Å². The maximum Gasteiger partial charge on any atom is 0.221 e. The van der Waals surface area contributed by atoms with Gasteiger partial charge in [0.2, 0.25) is 5.79 Å². The van der Waals surface area contributed by atoms with Crippen LogP contribution in [0.25, 0.3) is 0 Å². The van der Waals surface area contributed by atoms with Gasteiger partial charge in [0.05, 0.1) is 6.61 Å². The molecule has 1 fully saturated rings. The van der Waals surface area contributed by atoms with Crippen LogP contribution >= 0.6 is 0 Å². The van der Waals surface area contributed by atoms with E-state index < -0.39 is 24.1 Å². The van der Waals surface area contributed by atoms with Crippen LogP contribution in [0, 0.1) is 0 Å². The Hall–Kier alpha value is -0.280. The molecule has 108 valence electrons. The Morgan fingerprint density at radius 2 is 2.06 bits per heavy atom. The molecule has 0 bridgehead atoms. The molecule has 0 aromatic rings. The Labute approximate surface area is 107 Å². The van der Waals surface area contributed by atoms with Crippen LogP contribution in [0.5, 0.6) is 0 Å². The summed E-state index contributed by atoms with van der Waals surface area (Å²) in [6, 6.07) is 0. The summed E-state index contributed by atoms with van der Waals surface area (Å²) in [7, 11) is 2.86. The number of nitrogens with two attached hydrogens (primary N) is 1. The van der Waals surface area contributed by atoms with Gasteiger partial charge in [-0.05, 0) is 13.0 Å². The molecular formula is C11H23NO6. The molecule has 7 heteroatoms. The van der Waals surface area contributed by atoms with Crippen molar-refractivity contribution in [3.63, 3.8) is 0 Å². The van der Waals surface area contributed by atoms with Gasteiger partial charge in [-0.3, -0.25) is 0 Å². The van der Waals surface area contributed by atoms with Crippen LogP contribution in [-0.4, -0.2) is 74.9 Å². The first-order chi connectivity index (χ1) is 8.61. The molecule has 4 atom stereocenters. The predicted octanol–water partition coefficient (Wildman–Crippen LogP) is -1.54. The topological polar surface area (TPSA) is 103 Å². The number of rotatable bonds is 8. The SMILES string of the molecule is COCC1(OC)O[C@H](COCCCN)[C@H](O)[C@@H]1O. The van der Waals surface area contributed by atoms with Crippen LogP contribution in [0.1, 0.15) is 6.42 Å². The minimum Gasteiger partial charge on any atom is -0.387 e. The Morgan fingerprint density at radius 3 is 2.61 bits per heavy atom. The van der Waals surface area contributed by atoms with Crippen molar-refractivity contribution in [2.45, 2.75) is 30.5 Å². The van der Waals surface area contributed by atoms with Crippen LogP contribution < -0.4 is 5.73 Å². The fraction of sp³-hybridized carbons (Fsp3) is 1.00. The number of aliphatic hydroxyl groups excluding tert-OH is 2. The second kappa shape index (κ2) is 7.34. The third-order valence-electron chi connectivity index (χ3n) is 2.97. The molecule has 0 aromatic heterocycles. The van der Waals surface area contributed by atoms with E-state index in [0.717, 1.165) is 6.42 Å². The summed E-state index contributed by atoms with van der Waals surface area (Å²) in [4.78, 5) is 0. The highest BCUT2D eigenvalue weighted by atomic mass is 16.7. The van der Waals surface area contributed by atoms with E-state index in [4.69, 9.17) is 24.7 Å². The number of methoxy groups -OCH3 is 2. The molecule has 0 spiro atoms. The molecule has 1 heterocycles. The molecule has 1 unspecified atom stereocenters. The van der Waals surface area contributed by atoms with Crippen LogP contribution in [0.3, 0.4) is 0 Å². The number of hydrogen-bond acceptors (Lipinski definition) is 7. The third kappa shape index (κ3) is 3.39. The first kappa shape index (κ1) is 15.8. The maximum absolute atomic E-state index is 9.96. The van der Waals surface area contributed by atoms with Crippen molar-refractivity contribution in [2.24, 2.45) is 5.73 Å². The molecule has 18 heavy (non-hydrogen) atoms. The van der Waals surface area contributed by atoms with Crippen molar-refractivity contribution < 1.29 is 29.2 Å². The third-order valence-corrected chi connectivity index (χ3v) is 2.97. The smallest absolute Gasteiger partial charge is 0.221 e. The van der Waals surface area contributed by atoms with E-state index in [9.17, 15) is 10.2 Å². The molecule has 7 nitrogen and oxygen atoms in total. The summed E-state index contributed by atoms with van der Waals surface area (Å²) >= 11 is 0. The summed E-state index contributed by atoms with van der Waals surface area (Å²) in [5.41, 5.74) is 5.34. The summed E-state index contributed by atoms with van der Waals surface area (Å²) in [6.07, 6.45) is -2.16. The minimum atomic E-state index is -1.34. The fourth-order valence-electron chi connectivity index (χ4n) is 1.93. The lowest BCUT2D eigenvalue weighted by Gasteiger charge is -2.29. The first-order valence-electron chi connectivity index (χ1n) is 5.97. The monoisotopic (exact) mass is 265 g/mol. The van der Waals surface area contributed by atoms with Crippen molar-refractivity contribution in [1.29, 1.82) is 0 Å². The van der Waals surface area contributed by atoms with Gasteiger partial charge in [-0.2, -0.15) is 0 Å². The van der Waals surface area contributed by atoms with E-state index in [1.54, 1.807) is 0 Å². The molecule has 0 radical (unpaired) electrons. The number of aliphatic hydroxyl groups is 2. The van der Waals surface area contributed by atoms with Crippen molar-refractivity contribution >= 4 is 0 Å². The largest absolute Gasteiger partial charge is 0.387 e. The summed E-state index contributed by atoms with van der Waals surface area (Å²) in [6.45, 7) is 1.24.